The maximum absolute atomic E-state index is 5.90. The van der Waals surface area contributed by atoms with Gasteiger partial charge in [-0.1, -0.05) is 20.8 Å². The van der Waals surface area contributed by atoms with Gasteiger partial charge in [0, 0.05) is 7.11 Å². The molecule has 4 unspecified atom stereocenters. The normalized spacial score (nSPS) is 46.4. The van der Waals surface area contributed by atoms with Crippen LogP contribution < -0.4 is 0 Å². The molecule has 0 bridgehead atoms. The van der Waals surface area contributed by atoms with Gasteiger partial charge in [-0.25, -0.2) is 0 Å². The topological polar surface area (TPSA) is 18.5 Å². The molecule has 0 aromatic carbocycles. The van der Waals surface area contributed by atoms with Crippen molar-refractivity contribution in [2.45, 2.75) is 52.4 Å². The minimum absolute atomic E-state index is 0.274. The SMILES string of the molecule is CCC1O[C@@H](C)C(C)C(C)C1OC. The van der Waals surface area contributed by atoms with Crippen LogP contribution in [0.3, 0.4) is 0 Å². The van der Waals surface area contributed by atoms with Crippen molar-refractivity contribution in [3.8, 4) is 0 Å². The molecule has 2 nitrogen and oxygen atoms in total. The van der Waals surface area contributed by atoms with Crippen LogP contribution in [0.2, 0.25) is 0 Å². The molecule has 0 spiro atoms. The molecule has 1 fully saturated rings. The summed E-state index contributed by atoms with van der Waals surface area (Å²) in [6, 6.07) is 0. The first-order chi connectivity index (χ1) is 6.11. The molecule has 1 heterocycles. The molecule has 0 saturated carbocycles. The van der Waals surface area contributed by atoms with Gasteiger partial charge in [0.2, 0.25) is 0 Å². The number of hydrogen-bond donors (Lipinski definition) is 0. The van der Waals surface area contributed by atoms with Crippen molar-refractivity contribution in [2.75, 3.05) is 7.11 Å². The molecule has 1 rings (SSSR count). The third-order valence-electron chi connectivity index (χ3n) is 3.52. The Labute approximate surface area is 81.6 Å². The number of hydrogen-bond acceptors (Lipinski definition) is 2. The van der Waals surface area contributed by atoms with Crippen molar-refractivity contribution < 1.29 is 9.47 Å². The summed E-state index contributed by atoms with van der Waals surface area (Å²) in [4.78, 5) is 0. The molecular weight excluding hydrogens is 164 g/mol. The van der Waals surface area contributed by atoms with Crippen LogP contribution in [0.4, 0.5) is 0 Å². The highest BCUT2D eigenvalue weighted by Gasteiger charge is 2.38. The van der Waals surface area contributed by atoms with E-state index in [0.717, 1.165) is 6.42 Å². The van der Waals surface area contributed by atoms with E-state index >= 15 is 0 Å². The second-order valence-electron chi connectivity index (χ2n) is 4.21. The van der Waals surface area contributed by atoms with Gasteiger partial charge in [0.15, 0.2) is 0 Å². The molecule has 0 amide bonds. The quantitative estimate of drug-likeness (QED) is 0.659. The molecule has 5 atom stereocenters. The Bertz CT molecular complexity index is 156. The molecular formula is C11H22O2. The summed E-state index contributed by atoms with van der Waals surface area (Å²) in [5, 5.41) is 0. The lowest BCUT2D eigenvalue weighted by Crippen LogP contribution is -2.48. The lowest BCUT2D eigenvalue weighted by molar-refractivity contribution is -0.172. The Hall–Kier alpha value is -0.0800. The fourth-order valence-electron chi connectivity index (χ4n) is 2.24. The van der Waals surface area contributed by atoms with Gasteiger partial charge in [-0.05, 0) is 25.2 Å². The van der Waals surface area contributed by atoms with Gasteiger partial charge in [0.25, 0.3) is 0 Å². The van der Waals surface area contributed by atoms with Crippen molar-refractivity contribution in [3.63, 3.8) is 0 Å². The van der Waals surface area contributed by atoms with E-state index < -0.39 is 0 Å². The second kappa shape index (κ2) is 4.43. The number of methoxy groups -OCH3 is 1. The summed E-state index contributed by atoms with van der Waals surface area (Å²) in [5.74, 6) is 1.19. The Morgan fingerprint density at radius 3 is 2.23 bits per heavy atom. The smallest absolute Gasteiger partial charge is 0.0861 e. The monoisotopic (exact) mass is 186 g/mol. The highest BCUT2D eigenvalue weighted by Crippen LogP contribution is 2.33. The summed E-state index contributed by atoms with van der Waals surface area (Å²) < 4.78 is 11.4. The van der Waals surface area contributed by atoms with E-state index in [9.17, 15) is 0 Å². The maximum atomic E-state index is 5.90. The average molecular weight is 186 g/mol. The van der Waals surface area contributed by atoms with Crippen molar-refractivity contribution in [3.05, 3.63) is 0 Å². The van der Waals surface area contributed by atoms with Crippen LogP contribution in [0.25, 0.3) is 0 Å². The predicted molar refractivity (Wildman–Crippen MR) is 53.8 cm³/mol. The lowest BCUT2D eigenvalue weighted by atomic mass is 9.81. The van der Waals surface area contributed by atoms with E-state index in [1.165, 1.54) is 0 Å². The molecule has 13 heavy (non-hydrogen) atoms. The van der Waals surface area contributed by atoms with Gasteiger partial charge in [-0.2, -0.15) is 0 Å². The van der Waals surface area contributed by atoms with E-state index in [2.05, 4.69) is 27.7 Å². The fourth-order valence-corrected chi connectivity index (χ4v) is 2.24. The largest absolute Gasteiger partial charge is 0.378 e. The molecule has 2 heteroatoms. The van der Waals surface area contributed by atoms with E-state index in [0.29, 0.717) is 17.9 Å². The van der Waals surface area contributed by atoms with Crippen molar-refractivity contribution in [1.29, 1.82) is 0 Å². The molecule has 0 aromatic rings. The Balaban J connectivity index is 2.69. The minimum Gasteiger partial charge on any atom is -0.378 e. The van der Waals surface area contributed by atoms with Gasteiger partial charge < -0.3 is 9.47 Å². The van der Waals surface area contributed by atoms with Gasteiger partial charge in [-0.15, -0.1) is 0 Å². The van der Waals surface area contributed by atoms with Crippen LogP contribution in [0.5, 0.6) is 0 Å². The van der Waals surface area contributed by atoms with Crippen LogP contribution in [0, 0.1) is 11.8 Å². The van der Waals surface area contributed by atoms with E-state index in [1.54, 1.807) is 7.11 Å². The zero-order valence-corrected chi connectivity index (χ0v) is 9.41. The summed E-state index contributed by atoms with van der Waals surface area (Å²) >= 11 is 0. The Kier molecular flexibility index (Phi) is 3.74. The fraction of sp³-hybridized carbons (Fsp3) is 1.00. The highest BCUT2D eigenvalue weighted by atomic mass is 16.5. The van der Waals surface area contributed by atoms with Crippen molar-refractivity contribution in [2.24, 2.45) is 11.8 Å². The first kappa shape index (κ1) is 11.0. The molecule has 78 valence electrons. The zero-order valence-electron chi connectivity index (χ0n) is 9.41. The molecule has 0 aromatic heterocycles. The number of rotatable bonds is 2. The Morgan fingerprint density at radius 2 is 1.77 bits per heavy atom. The zero-order chi connectivity index (χ0) is 10.0. The van der Waals surface area contributed by atoms with Crippen LogP contribution in [0.15, 0.2) is 0 Å². The first-order valence-corrected chi connectivity index (χ1v) is 5.30. The van der Waals surface area contributed by atoms with Crippen LogP contribution in [0.1, 0.15) is 34.1 Å². The first-order valence-electron chi connectivity index (χ1n) is 5.30. The van der Waals surface area contributed by atoms with Crippen LogP contribution >= 0.6 is 0 Å². The van der Waals surface area contributed by atoms with Crippen LogP contribution in [-0.4, -0.2) is 25.4 Å². The summed E-state index contributed by atoms with van der Waals surface area (Å²) in [5.41, 5.74) is 0. The van der Waals surface area contributed by atoms with Gasteiger partial charge in [-0.3, -0.25) is 0 Å². The number of ether oxygens (including phenoxy) is 2. The maximum Gasteiger partial charge on any atom is 0.0861 e. The minimum atomic E-state index is 0.274. The molecule has 0 aliphatic carbocycles. The van der Waals surface area contributed by atoms with E-state index in [-0.39, 0.29) is 12.2 Å². The van der Waals surface area contributed by atoms with Crippen LogP contribution in [-0.2, 0) is 9.47 Å². The predicted octanol–water partition coefficient (Wildman–Crippen LogP) is 2.47. The Morgan fingerprint density at radius 1 is 1.15 bits per heavy atom. The summed E-state index contributed by atoms with van der Waals surface area (Å²) in [7, 11) is 1.79. The molecule has 1 aliphatic heterocycles. The third-order valence-corrected chi connectivity index (χ3v) is 3.52. The van der Waals surface area contributed by atoms with Gasteiger partial charge >= 0.3 is 0 Å². The van der Waals surface area contributed by atoms with Crippen molar-refractivity contribution >= 4 is 0 Å². The summed E-state index contributed by atoms with van der Waals surface area (Å²) in [6.07, 6.45) is 1.97. The van der Waals surface area contributed by atoms with Gasteiger partial charge in [0.05, 0.1) is 18.3 Å². The van der Waals surface area contributed by atoms with Gasteiger partial charge in [0.1, 0.15) is 0 Å². The standard InChI is InChI=1S/C11H22O2/c1-6-10-11(12-5)8(3)7(2)9(4)13-10/h7-11H,6H2,1-5H3/t7?,8?,9-,10?,11?/m0/s1. The lowest BCUT2D eigenvalue weighted by Gasteiger charge is -2.43. The molecule has 1 aliphatic rings. The average Bonchev–Trinajstić information content (AvgIpc) is 2.13. The van der Waals surface area contributed by atoms with E-state index in [1.807, 2.05) is 0 Å². The summed E-state index contributed by atoms with van der Waals surface area (Å²) in [6.45, 7) is 8.83. The molecule has 0 radical (unpaired) electrons. The van der Waals surface area contributed by atoms with E-state index in [4.69, 9.17) is 9.47 Å². The highest BCUT2D eigenvalue weighted by molar-refractivity contribution is 4.86. The second-order valence-corrected chi connectivity index (χ2v) is 4.21. The molecule has 0 N–H and O–H groups in total. The third kappa shape index (κ3) is 2.05. The molecule has 1 saturated heterocycles. The van der Waals surface area contributed by atoms with Crippen molar-refractivity contribution in [1.82, 2.24) is 0 Å².